The van der Waals surface area contributed by atoms with E-state index in [4.69, 9.17) is 9.72 Å². The Bertz CT molecular complexity index is 1180. The minimum absolute atomic E-state index is 0.320. The largest absolute Gasteiger partial charge is 0.481 e. The number of methoxy groups -OCH3 is 1. The van der Waals surface area contributed by atoms with Crippen molar-refractivity contribution in [2.45, 2.75) is 12.0 Å². The molecule has 5 heteroatoms. The van der Waals surface area contributed by atoms with E-state index in [1.807, 2.05) is 12.3 Å². The number of ether oxygens (including phenoxy) is 1. The third kappa shape index (κ3) is 2.51. The number of aromatic nitrogens is 3. The molecule has 4 aromatic rings. The van der Waals surface area contributed by atoms with Crippen molar-refractivity contribution in [2.75, 3.05) is 20.2 Å². The molecule has 1 N–H and O–H groups in total. The van der Waals surface area contributed by atoms with Crippen LogP contribution in [0, 0.1) is 5.92 Å². The van der Waals surface area contributed by atoms with Gasteiger partial charge in [-0.3, -0.25) is 0 Å². The predicted octanol–water partition coefficient (Wildman–Crippen LogP) is 4.01. The minimum atomic E-state index is 0.320. The Morgan fingerprint density at radius 1 is 1.00 bits per heavy atom. The molecular formula is C24H22N4O. The van der Waals surface area contributed by atoms with Crippen LogP contribution < -0.4 is 10.1 Å². The van der Waals surface area contributed by atoms with E-state index in [1.165, 1.54) is 16.9 Å². The number of benzene rings is 2. The first-order valence-electron chi connectivity index (χ1n) is 10.1. The number of pyridine rings is 1. The molecule has 1 saturated heterocycles. The number of nitrogens with zero attached hydrogens (tertiary/aromatic N) is 3. The van der Waals surface area contributed by atoms with Crippen LogP contribution in [0.3, 0.4) is 0 Å². The van der Waals surface area contributed by atoms with Crippen molar-refractivity contribution in [1.82, 2.24) is 19.9 Å². The van der Waals surface area contributed by atoms with Gasteiger partial charge in [-0.15, -0.1) is 0 Å². The summed E-state index contributed by atoms with van der Waals surface area (Å²) >= 11 is 0. The highest BCUT2D eigenvalue weighted by Gasteiger charge is 2.46. The molecule has 0 spiro atoms. The normalized spacial score (nSPS) is 22.6. The lowest BCUT2D eigenvalue weighted by molar-refractivity contribution is 0.398. The number of hydrogen-bond donors (Lipinski definition) is 1. The second-order valence-electron chi connectivity index (χ2n) is 7.92. The van der Waals surface area contributed by atoms with Crippen LogP contribution in [0.2, 0.25) is 0 Å². The van der Waals surface area contributed by atoms with E-state index in [0.717, 1.165) is 29.7 Å². The van der Waals surface area contributed by atoms with E-state index in [1.54, 1.807) is 7.11 Å². The van der Waals surface area contributed by atoms with Gasteiger partial charge >= 0.3 is 0 Å². The second-order valence-corrected chi connectivity index (χ2v) is 7.92. The minimum Gasteiger partial charge on any atom is -0.481 e. The van der Waals surface area contributed by atoms with Crippen molar-refractivity contribution in [2.24, 2.45) is 5.92 Å². The van der Waals surface area contributed by atoms with Gasteiger partial charge < -0.3 is 14.6 Å². The van der Waals surface area contributed by atoms with Gasteiger partial charge in [0.2, 0.25) is 5.88 Å². The van der Waals surface area contributed by atoms with Gasteiger partial charge in [0.05, 0.1) is 24.2 Å². The fourth-order valence-electron chi connectivity index (χ4n) is 5.07. The fraction of sp³-hybridized carbons (Fsp3) is 0.250. The molecule has 0 aliphatic carbocycles. The van der Waals surface area contributed by atoms with E-state index < -0.39 is 0 Å². The second kappa shape index (κ2) is 6.42. The highest BCUT2D eigenvalue weighted by atomic mass is 16.5. The van der Waals surface area contributed by atoms with Crippen LogP contribution in [-0.4, -0.2) is 34.7 Å². The van der Waals surface area contributed by atoms with E-state index in [0.29, 0.717) is 23.8 Å². The summed E-state index contributed by atoms with van der Waals surface area (Å²) in [5, 5.41) is 3.58. The first kappa shape index (κ1) is 16.7. The third-order valence-corrected chi connectivity index (χ3v) is 6.41. The number of rotatable bonds is 3. The van der Waals surface area contributed by atoms with E-state index in [2.05, 4.69) is 69.5 Å². The molecule has 2 aliphatic heterocycles. The number of imidazole rings is 1. The molecule has 3 unspecified atom stereocenters. The van der Waals surface area contributed by atoms with Gasteiger partial charge in [-0.2, -0.15) is 0 Å². The summed E-state index contributed by atoms with van der Waals surface area (Å²) in [6, 6.07) is 21.7. The Morgan fingerprint density at radius 2 is 1.86 bits per heavy atom. The summed E-state index contributed by atoms with van der Waals surface area (Å²) in [7, 11) is 1.64. The lowest BCUT2D eigenvalue weighted by Gasteiger charge is -2.21. The van der Waals surface area contributed by atoms with Crippen LogP contribution in [0.5, 0.6) is 5.88 Å². The molecule has 0 amide bonds. The number of nitrogens with one attached hydrogen (secondary N) is 1. The highest BCUT2D eigenvalue weighted by Crippen LogP contribution is 2.48. The molecule has 6 rings (SSSR count). The lowest BCUT2D eigenvalue weighted by Crippen LogP contribution is -2.19. The topological polar surface area (TPSA) is 52.0 Å². The van der Waals surface area contributed by atoms with Gasteiger partial charge in [0.15, 0.2) is 0 Å². The molecule has 0 bridgehead atoms. The maximum Gasteiger partial charge on any atom is 0.212 e. The average Bonchev–Trinajstić information content (AvgIpc) is 3.46. The summed E-state index contributed by atoms with van der Waals surface area (Å²) in [5.74, 6) is 2.87. The van der Waals surface area contributed by atoms with Crippen LogP contribution in [0.4, 0.5) is 0 Å². The molecule has 1 fully saturated rings. The molecular weight excluding hydrogens is 360 g/mol. The molecule has 0 radical (unpaired) electrons. The fourth-order valence-corrected chi connectivity index (χ4v) is 5.07. The van der Waals surface area contributed by atoms with E-state index in [9.17, 15) is 0 Å². The highest BCUT2D eigenvalue weighted by molar-refractivity contribution is 5.83. The van der Waals surface area contributed by atoms with Crippen molar-refractivity contribution in [3.05, 3.63) is 78.2 Å². The molecule has 5 nitrogen and oxygen atoms in total. The van der Waals surface area contributed by atoms with Crippen LogP contribution in [0.1, 0.15) is 23.3 Å². The zero-order valence-electron chi connectivity index (χ0n) is 16.2. The molecule has 2 aromatic heterocycles. The molecule has 0 saturated carbocycles. The van der Waals surface area contributed by atoms with Crippen LogP contribution in [-0.2, 0) is 0 Å². The zero-order chi connectivity index (χ0) is 19.4. The molecule has 2 aromatic carbocycles. The van der Waals surface area contributed by atoms with E-state index >= 15 is 0 Å². The standard InChI is InChI=1S/C24H22N4O/c1-29-22-10-8-17(12-26-22)16-7-9-20-21(11-16)28-23(15-5-3-2-4-6-15)18-13-25-14-19(18)24(28)27-20/h2-12,18-19,23,25H,13-14H2,1H3. The lowest BCUT2D eigenvalue weighted by atomic mass is 9.88. The molecule has 3 atom stereocenters. The van der Waals surface area contributed by atoms with Crippen LogP contribution >= 0.6 is 0 Å². The quantitative estimate of drug-likeness (QED) is 0.582. The van der Waals surface area contributed by atoms with E-state index in [-0.39, 0.29) is 0 Å². The Hall–Kier alpha value is -3.18. The van der Waals surface area contributed by atoms with Crippen LogP contribution in [0.15, 0.2) is 66.9 Å². The van der Waals surface area contributed by atoms with Crippen molar-refractivity contribution in [3.63, 3.8) is 0 Å². The predicted molar refractivity (Wildman–Crippen MR) is 113 cm³/mol. The number of hydrogen-bond acceptors (Lipinski definition) is 4. The summed E-state index contributed by atoms with van der Waals surface area (Å²) in [6.07, 6.45) is 1.87. The molecule has 144 valence electrons. The first-order valence-corrected chi connectivity index (χ1v) is 10.1. The van der Waals surface area contributed by atoms with Gasteiger partial charge in [0, 0.05) is 42.8 Å². The van der Waals surface area contributed by atoms with Gasteiger partial charge in [-0.25, -0.2) is 9.97 Å². The summed E-state index contributed by atoms with van der Waals surface area (Å²) in [4.78, 5) is 9.43. The van der Waals surface area contributed by atoms with Crippen molar-refractivity contribution < 1.29 is 4.74 Å². The van der Waals surface area contributed by atoms with Crippen molar-refractivity contribution in [1.29, 1.82) is 0 Å². The summed E-state index contributed by atoms with van der Waals surface area (Å²) in [6.45, 7) is 2.05. The molecule has 29 heavy (non-hydrogen) atoms. The molecule has 2 aliphatic rings. The van der Waals surface area contributed by atoms with Gasteiger partial charge in [-0.1, -0.05) is 36.4 Å². The monoisotopic (exact) mass is 382 g/mol. The Labute approximate surface area is 169 Å². The maximum atomic E-state index is 5.20. The Morgan fingerprint density at radius 3 is 2.66 bits per heavy atom. The summed E-state index contributed by atoms with van der Waals surface area (Å²) < 4.78 is 7.69. The first-order chi connectivity index (χ1) is 14.3. The van der Waals surface area contributed by atoms with Crippen LogP contribution in [0.25, 0.3) is 22.2 Å². The zero-order valence-corrected chi connectivity index (χ0v) is 16.2. The van der Waals surface area contributed by atoms with Crippen molar-refractivity contribution >= 4 is 11.0 Å². The molecule has 4 heterocycles. The smallest absolute Gasteiger partial charge is 0.212 e. The third-order valence-electron chi connectivity index (χ3n) is 6.41. The number of fused-ring (bicyclic) bond motifs is 5. The average molecular weight is 382 g/mol. The Kier molecular flexibility index (Phi) is 3.71. The van der Waals surface area contributed by atoms with Gasteiger partial charge in [0.25, 0.3) is 0 Å². The van der Waals surface area contributed by atoms with Gasteiger partial charge in [-0.05, 0) is 29.3 Å². The SMILES string of the molecule is COc1ccc(-c2ccc3nc4n(c3c2)C(c2ccccc2)C2CNCC42)cn1. The Balaban J connectivity index is 1.53. The summed E-state index contributed by atoms with van der Waals surface area (Å²) in [5.41, 5.74) is 5.87. The van der Waals surface area contributed by atoms with Crippen molar-refractivity contribution in [3.8, 4) is 17.0 Å². The maximum absolute atomic E-state index is 5.20. The van der Waals surface area contributed by atoms with Gasteiger partial charge in [0.1, 0.15) is 5.82 Å².